The van der Waals surface area contributed by atoms with Crippen molar-refractivity contribution in [2.75, 3.05) is 0 Å². The van der Waals surface area contributed by atoms with Crippen LogP contribution >= 0.6 is 11.8 Å². The second-order valence-corrected chi connectivity index (χ2v) is 17.2. The van der Waals surface area contributed by atoms with E-state index in [1.54, 1.807) is 6.20 Å². The monoisotopic (exact) mass is 822 g/mol. The van der Waals surface area contributed by atoms with Gasteiger partial charge in [0.2, 0.25) is 0 Å². The van der Waals surface area contributed by atoms with E-state index < -0.39 is 5.41 Å². The molecule has 6 heteroatoms. The Morgan fingerprint density at radius 1 is 0.397 bits per heavy atom. The van der Waals surface area contributed by atoms with Crippen LogP contribution in [0.3, 0.4) is 0 Å². The van der Waals surface area contributed by atoms with Crippen LogP contribution in [0.15, 0.2) is 221 Å². The Balaban J connectivity index is 1.11. The highest BCUT2D eigenvalue weighted by molar-refractivity contribution is 7.99. The predicted molar refractivity (Wildman–Crippen MR) is 254 cm³/mol. The highest BCUT2D eigenvalue weighted by Crippen LogP contribution is 2.62. The average molecular weight is 823 g/mol. The van der Waals surface area contributed by atoms with Crippen LogP contribution in [-0.4, -0.2) is 19.9 Å². The lowest BCUT2D eigenvalue weighted by Gasteiger charge is -2.43. The molecule has 1 spiro atoms. The number of fused-ring (bicyclic) bond motifs is 14. The fourth-order valence-corrected chi connectivity index (χ4v) is 11.1. The summed E-state index contributed by atoms with van der Waals surface area (Å²) in [6.45, 7) is 0. The molecule has 0 fully saturated rings. The Morgan fingerprint density at radius 3 is 1.89 bits per heavy atom. The summed E-state index contributed by atoms with van der Waals surface area (Å²) in [5, 5.41) is 2.24. The Morgan fingerprint density at radius 2 is 1.08 bits per heavy atom. The van der Waals surface area contributed by atoms with E-state index in [-0.39, 0.29) is 0 Å². The number of furan rings is 1. The largest absolute Gasteiger partial charge is 0.456 e. The van der Waals surface area contributed by atoms with E-state index in [0.717, 1.165) is 61.3 Å². The van der Waals surface area contributed by atoms with Crippen LogP contribution < -0.4 is 0 Å². The minimum atomic E-state index is -0.741. The number of para-hydroxylation sites is 1. The van der Waals surface area contributed by atoms with E-state index in [1.807, 2.05) is 66.6 Å². The molecule has 0 N–H and O–H groups in total. The molecular formula is C57H34N4OS. The first-order valence-corrected chi connectivity index (χ1v) is 21.9. The summed E-state index contributed by atoms with van der Waals surface area (Å²) in [4.78, 5) is 22.1. The van der Waals surface area contributed by atoms with Gasteiger partial charge in [-0.25, -0.2) is 9.97 Å². The Hall–Kier alpha value is -7.93. The summed E-state index contributed by atoms with van der Waals surface area (Å²) in [6.07, 6.45) is 5.51. The predicted octanol–water partition coefficient (Wildman–Crippen LogP) is 14.3. The first-order valence-electron chi connectivity index (χ1n) is 21.1. The minimum absolute atomic E-state index is 0.650. The molecular weight excluding hydrogens is 789 g/mol. The zero-order chi connectivity index (χ0) is 41.5. The number of hydrogen-bond acceptors (Lipinski definition) is 6. The van der Waals surface area contributed by atoms with Crippen molar-refractivity contribution in [1.82, 2.24) is 19.9 Å². The first kappa shape index (κ1) is 35.8. The summed E-state index contributed by atoms with van der Waals surface area (Å²) < 4.78 is 6.71. The first-order chi connectivity index (χ1) is 31.2. The standard InChI is InChI=1S/C57H34N4OS/c1-2-13-35(14-3-1)56-60-50(32-51(61-56)38-25-27-49(59-34-38)37-15-12-28-58-33-37)36-24-26-42-40-17-5-4-16-39(40)41-18-6-8-20-45(41)57(47(42)29-36)46-21-9-11-23-54(46)63-55-30-44-43-19-7-10-22-52(43)62-53(44)31-48(55)57/h1-34H. The number of rotatable bonds is 4. The van der Waals surface area contributed by atoms with Gasteiger partial charge in [0, 0.05) is 61.4 Å². The second kappa shape index (κ2) is 14.1. The molecule has 5 nitrogen and oxygen atoms in total. The lowest BCUT2D eigenvalue weighted by Crippen LogP contribution is -2.34. The molecule has 0 saturated carbocycles. The highest BCUT2D eigenvalue weighted by Gasteiger charge is 2.48. The Bertz CT molecular complexity index is 3600. The molecule has 2 aliphatic rings. The summed E-state index contributed by atoms with van der Waals surface area (Å²) in [5.41, 5.74) is 16.9. The average Bonchev–Trinajstić information content (AvgIpc) is 3.68. The Kier molecular flexibility index (Phi) is 7.99. The molecule has 1 unspecified atom stereocenters. The van der Waals surface area contributed by atoms with E-state index in [4.69, 9.17) is 19.4 Å². The lowest BCUT2D eigenvalue weighted by molar-refractivity contribution is 0.660. The topological polar surface area (TPSA) is 64.7 Å². The van der Waals surface area contributed by atoms with Gasteiger partial charge in [0.1, 0.15) is 11.2 Å². The maximum Gasteiger partial charge on any atom is 0.160 e. The molecule has 13 rings (SSSR count). The van der Waals surface area contributed by atoms with Gasteiger partial charge in [-0.05, 0) is 105 Å². The van der Waals surface area contributed by atoms with Crippen molar-refractivity contribution in [2.45, 2.75) is 15.2 Å². The van der Waals surface area contributed by atoms with Crippen LogP contribution in [0.5, 0.6) is 0 Å². The van der Waals surface area contributed by atoms with Gasteiger partial charge in [-0.1, -0.05) is 139 Å². The van der Waals surface area contributed by atoms with Crippen molar-refractivity contribution in [3.05, 3.63) is 229 Å². The van der Waals surface area contributed by atoms with Crippen LogP contribution in [-0.2, 0) is 5.41 Å². The van der Waals surface area contributed by atoms with Crippen molar-refractivity contribution in [1.29, 1.82) is 0 Å². The third kappa shape index (κ3) is 5.51. The van der Waals surface area contributed by atoms with Gasteiger partial charge < -0.3 is 4.42 Å². The van der Waals surface area contributed by atoms with Crippen LogP contribution in [0.2, 0.25) is 0 Å². The quantitative estimate of drug-likeness (QED) is 0.176. The minimum Gasteiger partial charge on any atom is -0.456 e. The summed E-state index contributed by atoms with van der Waals surface area (Å²) in [6, 6.07) is 67.2. The Labute approximate surface area is 367 Å². The third-order valence-corrected chi connectivity index (χ3v) is 13.9. The van der Waals surface area contributed by atoms with Gasteiger partial charge in [0.05, 0.1) is 22.5 Å². The van der Waals surface area contributed by atoms with E-state index in [2.05, 4.69) is 151 Å². The lowest BCUT2D eigenvalue weighted by atomic mass is 9.63. The van der Waals surface area contributed by atoms with Gasteiger partial charge in [-0.15, -0.1) is 0 Å². The van der Waals surface area contributed by atoms with Crippen LogP contribution in [0, 0.1) is 0 Å². The van der Waals surface area contributed by atoms with Crippen LogP contribution in [0.1, 0.15) is 22.3 Å². The van der Waals surface area contributed by atoms with E-state index in [9.17, 15) is 0 Å². The number of aromatic nitrogens is 4. The molecule has 5 heterocycles. The van der Waals surface area contributed by atoms with Crippen molar-refractivity contribution in [2.24, 2.45) is 0 Å². The fourth-order valence-electron chi connectivity index (χ4n) is 9.92. The molecule has 11 aromatic rings. The van der Waals surface area contributed by atoms with Gasteiger partial charge in [-0.2, -0.15) is 0 Å². The zero-order valence-electron chi connectivity index (χ0n) is 33.7. The van der Waals surface area contributed by atoms with Crippen LogP contribution in [0.25, 0.3) is 89.4 Å². The molecule has 1 atom stereocenters. The van der Waals surface area contributed by atoms with Crippen molar-refractivity contribution in [3.63, 3.8) is 0 Å². The second-order valence-electron chi connectivity index (χ2n) is 16.1. The molecule has 1 aliphatic heterocycles. The van der Waals surface area contributed by atoms with Crippen molar-refractivity contribution < 1.29 is 4.42 Å². The maximum absolute atomic E-state index is 6.71. The smallest absolute Gasteiger partial charge is 0.160 e. The molecule has 4 aromatic heterocycles. The molecule has 0 bridgehead atoms. The third-order valence-electron chi connectivity index (χ3n) is 12.7. The maximum atomic E-state index is 6.71. The number of nitrogens with zero attached hydrogens (tertiary/aromatic N) is 4. The van der Waals surface area contributed by atoms with Gasteiger partial charge in [0.15, 0.2) is 5.82 Å². The summed E-state index contributed by atoms with van der Waals surface area (Å²) in [5.74, 6) is 0.650. The van der Waals surface area contributed by atoms with Gasteiger partial charge >= 0.3 is 0 Å². The van der Waals surface area contributed by atoms with Gasteiger partial charge in [-0.3, -0.25) is 9.97 Å². The normalized spacial score (nSPS) is 14.7. The number of hydrogen-bond donors (Lipinski definition) is 0. The number of pyridine rings is 2. The summed E-state index contributed by atoms with van der Waals surface area (Å²) in [7, 11) is 0. The van der Waals surface area contributed by atoms with E-state index in [1.165, 1.54) is 54.3 Å². The summed E-state index contributed by atoms with van der Waals surface area (Å²) >= 11 is 1.84. The zero-order valence-corrected chi connectivity index (χ0v) is 34.6. The van der Waals surface area contributed by atoms with Gasteiger partial charge in [0.25, 0.3) is 0 Å². The van der Waals surface area contributed by atoms with E-state index in [0.29, 0.717) is 5.82 Å². The number of benzene rings is 7. The molecule has 0 amide bonds. The fraction of sp³-hybridized carbons (Fsp3) is 0.0175. The molecule has 7 aromatic carbocycles. The molecule has 294 valence electrons. The van der Waals surface area contributed by atoms with E-state index >= 15 is 0 Å². The van der Waals surface area contributed by atoms with Crippen molar-refractivity contribution >= 4 is 33.7 Å². The molecule has 0 radical (unpaired) electrons. The SMILES string of the molecule is c1ccc(-c2nc(-c3ccc(-c4cccnc4)nc3)cc(-c3ccc4c(c3)C3(c5ccccc5Sc5cc6c(cc53)oc3ccccc36)c3ccccc3-c3ccccc3-4)n2)cc1. The van der Waals surface area contributed by atoms with Crippen LogP contribution in [0.4, 0.5) is 0 Å². The molecule has 63 heavy (non-hydrogen) atoms. The highest BCUT2D eigenvalue weighted by atomic mass is 32.2. The van der Waals surface area contributed by atoms with Crippen molar-refractivity contribution in [3.8, 4) is 67.4 Å². The molecule has 0 saturated heterocycles. The molecule has 1 aliphatic carbocycles.